The number of aromatic nitrogens is 3. The summed E-state index contributed by atoms with van der Waals surface area (Å²) in [6, 6.07) is 10.1. The van der Waals surface area contributed by atoms with Gasteiger partial charge in [0.25, 0.3) is 0 Å². The van der Waals surface area contributed by atoms with Crippen molar-refractivity contribution < 1.29 is 4.74 Å². The zero-order valence-corrected chi connectivity index (χ0v) is 12.7. The largest absolute Gasteiger partial charge is 0.487 e. The third-order valence-electron chi connectivity index (χ3n) is 3.19. The van der Waals surface area contributed by atoms with Crippen LogP contribution in [-0.4, -0.2) is 15.0 Å². The standard InChI is InChI=1S/C16H20N4O/c1-4-13-5-7-14(8-6-13)21-11-16-15(9-17)18-19-20(16)10-12(2)3/h5-8,12H,4,10-11H2,1-3H3. The predicted molar refractivity (Wildman–Crippen MR) is 79.7 cm³/mol. The molecule has 0 aliphatic rings. The summed E-state index contributed by atoms with van der Waals surface area (Å²) in [5.41, 5.74) is 2.33. The van der Waals surface area contributed by atoms with Gasteiger partial charge in [0.05, 0.1) is 0 Å². The van der Waals surface area contributed by atoms with Gasteiger partial charge in [-0.3, -0.25) is 0 Å². The number of hydrogen-bond donors (Lipinski definition) is 0. The summed E-state index contributed by atoms with van der Waals surface area (Å²) in [4.78, 5) is 0. The Hall–Kier alpha value is -2.35. The number of benzene rings is 1. The fourth-order valence-corrected chi connectivity index (χ4v) is 2.03. The van der Waals surface area contributed by atoms with Crippen molar-refractivity contribution in [1.82, 2.24) is 15.0 Å². The number of hydrogen-bond acceptors (Lipinski definition) is 4. The quantitative estimate of drug-likeness (QED) is 0.818. The second-order valence-corrected chi connectivity index (χ2v) is 5.36. The highest BCUT2D eigenvalue weighted by Crippen LogP contribution is 2.16. The molecule has 0 radical (unpaired) electrons. The van der Waals surface area contributed by atoms with Crippen molar-refractivity contribution in [2.24, 2.45) is 5.92 Å². The van der Waals surface area contributed by atoms with Crippen LogP contribution in [0, 0.1) is 17.2 Å². The molecule has 0 atom stereocenters. The van der Waals surface area contributed by atoms with E-state index in [4.69, 9.17) is 10.00 Å². The van der Waals surface area contributed by atoms with Gasteiger partial charge in [-0.15, -0.1) is 5.10 Å². The Balaban J connectivity index is 2.11. The van der Waals surface area contributed by atoms with Crippen molar-refractivity contribution in [3.63, 3.8) is 0 Å². The lowest BCUT2D eigenvalue weighted by molar-refractivity contribution is 0.287. The molecule has 1 aromatic carbocycles. The average Bonchev–Trinajstić information content (AvgIpc) is 2.86. The molecule has 1 aromatic heterocycles. The van der Waals surface area contributed by atoms with Gasteiger partial charge < -0.3 is 4.74 Å². The van der Waals surface area contributed by atoms with E-state index in [-0.39, 0.29) is 0 Å². The van der Waals surface area contributed by atoms with Crippen LogP contribution in [0.2, 0.25) is 0 Å². The Labute approximate surface area is 125 Å². The molecule has 2 rings (SSSR count). The van der Waals surface area contributed by atoms with E-state index in [9.17, 15) is 0 Å². The van der Waals surface area contributed by atoms with Crippen molar-refractivity contribution in [2.45, 2.75) is 40.3 Å². The monoisotopic (exact) mass is 284 g/mol. The highest BCUT2D eigenvalue weighted by atomic mass is 16.5. The molecule has 5 heteroatoms. The summed E-state index contributed by atoms with van der Waals surface area (Å²) in [6.07, 6.45) is 1.00. The van der Waals surface area contributed by atoms with Crippen LogP contribution >= 0.6 is 0 Å². The van der Waals surface area contributed by atoms with Gasteiger partial charge in [0.2, 0.25) is 0 Å². The molecule has 2 aromatic rings. The molecule has 5 nitrogen and oxygen atoms in total. The summed E-state index contributed by atoms with van der Waals surface area (Å²) in [5, 5.41) is 17.0. The zero-order chi connectivity index (χ0) is 15.2. The van der Waals surface area contributed by atoms with E-state index in [0.29, 0.717) is 18.2 Å². The minimum absolute atomic E-state index is 0.300. The molecule has 0 saturated carbocycles. The number of rotatable bonds is 6. The summed E-state index contributed by atoms with van der Waals surface area (Å²) in [5.74, 6) is 1.22. The Morgan fingerprint density at radius 1 is 1.29 bits per heavy atom. The van der Waals surface area contributed by atoms with Gasteiger partial charge in [-0.1, -0.05) is 38.1 Å². The summed E-state index contributed by atoms with van der Waals surface area (Å²) in [7, 11) is 0. The lowest BCUT2D eigenvalue weighted by Crippen LogP contribution is -2.12. The lowest BCUT2D eigenvalue weighted by atomic mass is 10.2. The molecule has 110 valence electrons. The number of aryl methyl sites for hydroxylation is 1. The summed E-state index contributed by atoms with van der Waals surface area (Å²) in [6.45, 7) is 7.34. The molecular formula is C16H20N4O. The summed E-state index contributed by atoms with van der Waals surface area (Å²) < 4.78 is 7.52. The molecule has 0 fully saturated rings. The van der Waals surface area contributed by atoms with Crippen LogP contribution in [0.3, 0.4) is 0 Å². The van der Waals surface area contributed by atoms with Crippen LogP contribution in [0.15, 0.2) is 24.3 Å². The fourth-order valence-electron chi connectivity index (χ4n) is 2.03. The van der Waals surface area contributed by atoms with Crippen molar-refractivity contribution >= 4 is 0 Å². The van der Waals surface area contributed by atoms with Crippen molar-refractivity contribution in [2.75, 3.05) is 0 Å². The van der Waals surface area contributed by atoms with E-state index >= 15 is 0 Å². The molecule has 0 amide bonds. The molecule has 0 saturated heterocycles. The summed E-state index contributed by atoms with van der Waals surface area (Å²) >= 11 is 0. The molecule has 0 unspecified atom stereocenters. The Morgan fingerprint density at radius 3 is 2.57 bits per heavy atom. The van der Waals surface area contributed by atoms with Crippen molar-refractivity contribution in [3.05, 3.63) is 41.2 Å². The Morgan fingerprint density at radius 2 is 2.00 bits per heavy atom. The number of nitriles is 1. The van der Waals surface area contributed by atoms with Gasteiger partial charge in [-0.25, -0.2) is 4.68 Å². The second kappa shape index (κ2) is 6.89. The molecule has 0 spiro atoms. The lowest BCUT2D eigenvalue weighted by Gasteiger charge is -2.10. The van der Waals surface area contributed by atoms with Gasteiger partial charge in [0, 0.05) is 6.54 Å². The SMILES string of the molecule is CCc1ccc(OCc2c(C#N)nnn2CC(C)C)cc1. The van der Waals surface area contributed by atoms with E-state index in [0.717, 1.165) is 24.4 Å². The van der Waals surface area contributed by atoms with E-state index in [1.165, 1.54) is 5.56 Å². The van der Waals surface area contributed by atoms with Crippen LogP contribution in [0.25, 0.3) is 0 Å². The minimum Gasteiger partial charge on any atom is -0.487 e. The average molecular weight is 284 g/mol. The zero-order valence-electron chi connectivity index (χ0n) is 12.7. The van der Waals surface area contributed by atoms with Crippen LogP contribution in [-0.2, 0) is 19.6 Å². The molecule has 0 N–H and O–H groups in total. The first-order valence-electron chi connectivity index (χ1n) is 7.18. The molecule has 21 heavy (non-hydrogen) atoms. The third kappa shape index (κ3) is 3.82. The minimum atomic E-state index is 0.300. The van der Waals surface area contributed by atoms with E-state index in [2.05, 4.69) is 37.2 Å². The topological polar surface area (TPSA) is 63.7 Å². The smallest absolute Gasteiger partial charge is 0.189 e. The first kappa shape index (κ1) is 15.0. The Kier molecular flexibility index (Phi) is 4.94. The van der Waals surface area contributed by atoms with E-state index < -0.39 is 0 Å². The Bertz CT molecular complexity index is 623. The normalized spacial score (nSPS) is 10.6. The highest BCUT2D eigenvalue weighted by molar-refractivity contribution is 5.28. The second-order valence-electron chi connectivity index (χ2n) is 5.36. The molecule has 0 bridgehead atoms. The van der Waals surface area contributed by atoms with Crippen LogP contribution in [0.1, 0.15) is 37.7 Å². The maximum Gasteiger partial charge on any atom is 0.189 e. The van der Waals surface area contributed by atoms with Crippen LogP contribution in [0.4, 0.5) is 0 Å². The van der Waals surface area contributed by atoms with Gasteiger partial charge in [0.1, 0.15) is 24.1 Å². The fraction of sp³-hybridized carbons (Fsp3) is 0.438. The van der Waals surface area contributed by atoms with Gasteiger partial charge >= 0.3 is 0 Å². The van der Waals surface area contributed by atoms with Gasteiger partial charge in [-0.2, -0.15) is 5.26 Å². The van der Waals surface area contributed by atoms with E-state index in [1.54, 1.807) is 4.68 Å². The first-order chi connectivity index (χ1) is 10.1. The van der Waals surface area contributed by atoms with Crippen molar-refractivity contribution in [3.8, 4) is 11.8 Å². The molecular weight excluding hydrogens is 264 g/mol. The van der Waals surface area contributed by atoms with Gasteiger partial charge in [-0.05, 0) is 30.0 Å². The van der Waals surface area contributed by atoms with Gasteiger partial charge in [0.15, 0.2) is 5.69 Å². The van der Waals surface area contributed by atoms with Crippen molar-refractivity contribution in [1.29, 1.82) is 5.26 Å². The van der Waals surface area contributed by atoms with Crippen LogP contribution < -0.4 is 4.74 Å². The van der Waals surface area contributed by atoms with E-state index in [1.807, 2.05) is 24.3 Å². The highest BCUT2D eigenvalue weighted by Gasteiger charge is 2.14. The number of nitrogens with zero attached hydrogens (tertiary/aromatic N) is 4. The number of ether oxygens (including phenoxy) is 1. The molecule has 0 aliphatic carbocycles. The van der Waals surface area contributed by atoms with Crippen LogP contribution in [0.5, 0.6) is 5.75 Å². The predicted octanol–water partition coefficient (Wildman–Crippen LogP) is 2.95. The maximum atomic E-state index is 9.11. The first-order valence-corrected chi connectivity index (χ1v) is 7.18. The third-order valence-corrected chi connectivity index (χ3v) is 3.19. The maximum absolute atomic E-state index is 9.11. The molecule has 0 aliphatic heterocycles. The molecule has 1 heterocycles.